The molecular formula is C23H34N6. The van der Waals surface area contributed by atoms with E-state index in [2.05, 4.69) is 75.8 Å². The monoisotopic (exact) mass is 394 g/mol. The lowest BCUT2D eigenvalue weighted by Crippen LogP contribution is -2.29. The van der Waals surface area contributed by atoms with Gasteiger partial charge >= 0.3 is 0 Å². The molecule has 1 aliphatic heterocycles. The van der Waals surface area contributed by atoms with Crippen molar-refractivity contribution in [3.8, 4) is 0 Å². The average molecular weight is 395 g/mol. The standard InChI is InChI=1S/C23H34N6/c1-16(2)11-21(24)23-15-29(28-27-23)19(12-17-7-9-25-10-8-17)13-18-14-26-22-6-4-3-5-20(18)22/h3-6,14-17,19,21,25-26H,7-13,24H2,1-2H3. The highest BCUT2D eigenvalue weighted by Gasteiger charge is 2.23. The van der Waals surface area contributed by atoms with Gasteiger partial charge in [-0.2, -0.15) is 0 Å². The molecule has 1 aliphatic rings. The van der Waals surface area contributed by atoms with Gasteiger partial charge in [0.2, 0.25) is 0 Å². The van der Waals surface area contributed by atoms with Gasteiger partial charge in [0.1, 0.15) is 0 Å². The van der Waals surface area contributed by atoms with Crippen LogP contribution in [0.4, 0.5) is 0 Å². The Morgan fingerprint density at radius 3 is 2.79 bits per heavy atom. The van der Waals surface area contributed by atoms with Gasteiger partial charge in [0.05, 0.1) is 24.0 Å². The van der Waals surface area contributed by atoms with Crippen LogP contribution >= 0.6 is 0 Å². The minimum atomic E-state index is -0.0450. The van der Waals surface area contributed by atoms with E-state index in [1.807, 2.05) is 0 Å². The normalized spacial score (nSPS) is 17.8. The molecule has 0 spiro atoms. The van der Waals surface area contributed by atoms with Gasteiger partial charge in [-0.3, -0.25) is 0 Å². The molecule has 4 N–H and O–H groups in total. The molecule has 0 aliphatic carbocycles. The summed E-state index contributed by atoms with van der Waals surface area (Å²) in [5.41, 5.74) is 9.83. The Labute approximate surface area is 173 Å². The lowest BCUT2D eigenvalue weighted by atomic mass is 9.88. The second-order valence-electron chi connectivity index (χ2n) is 9.01. The summed E-state index contributed by atoms with van der Waals surface area (Å²) in [5.74, 6) is 1.27. The van der Waals surface area contributed by atoms with E-state index >= 15 is 0 Å². The highest BCUT2D eigenvalue weighted by molar-refractivity contribution is 5.83. The van der Waals surface area contributed by atoms with Gasteiger partial charge in [-0.1, -0.05) is 37.3 Å². The Kier molecular flexibility index (Phi) is 6.31. The van der Waals surface area contributed by atoms with Gasteiger partial charge in [-0.05, 0) is 68.7 Å². The molecule has 6 heteroatoms. The van der Waals surface area contributed by atoms with Crippen LogP contribution in [-0.4, -0.2) is 33.1 Å². The molecule has 0 radical (unpaired) electrons. The number of hydrogen-bond acceptors (Lipinski definition) is 4. The molecule has 1 aromatic carbocycles. The van der Waals surface area contributed by atoms with Crippen LogP contribution in [0.3, 0.4) is 0 Å². The van der Waals surface area contributed by atoms with E-state index < -0.39 is 0 Å². The van der Waals surface area contributed by atoms with Crippen molar-refractivity contribution < 1.29 is 0 Å². The first-order valence-corrected chi connectivity index (χ1v) is 11.0. The summed E-state index contributed by atoms with van der Waals surface area (Å²) in [6.45, 7) is 6.63. The summed E-state index contributed by atoms with van der Waals surface area (Å²) in [6, 6.07) is 8.78. The van der Waals surface area contributed by atoms with Gasteiger partial charge in [0.25, 0.3) is 0 Å². The largest absolute Gasteiger partial charge is 0.361 e. The molecular weight excluding hydrogens is 360 g/mol. The number of para-hydroxylation sites is 1. The molecule has 0 amide bonds. The van der Waals surface area contributed by atoms with Crippen LogP contribution in [0.15, 0.2) is 36.7 Å². The predicted octanol–water partition coefficient (Wildman–Crippen LogP) is 3.98. The molecule has 0 saturated carbocycles. The molecule has 4 rings (SSSR count). The van der Waals surface area contributed by atoms with Crippen LogP contribution in [0.1, 0.15) is 62.9 Å². The highest BCUT2D eigenvalue weighted by Crippen LogP contribution is 2.30. The summed E-state index contributed by atoms with van der Waals surface area (Å²) < 4.78 is 2.08. The lowest BCUT2D eigenvalue weighted by Gasteiger charge is -2.27. The van der Waals surface area contributed by atoms with E-state index in [1.165, 1.54) is 29.3 Å². The number of fused-ring (bicyclic) bond motifs is 1. The van der Waals surface area contributed by atoms with Crippen molar-refractivity contribution >= 4 is 10.9 Å². The number of rotatable bonds is 8. The summed E-state index contributed by atoms with van der Waals surface area (Å²) in [7, 11) is 0. The Balaban J connectivity index is 1.57. The highest BCUT2D eigenvalue weighted by atomic mass is 15.4. The van der Waals surface area contributed by atoms with Crippen molar-refractivity contribution in [1.82, 2.24) is 25.3 Å². The van der Waals surface area contributed by atoms with E-state index in [9.17, 15) is 0 Å². The van der Waals surface area contributed by atoms with Crippen LogP contribution in [0.25, 0.3) is 10.9 Å². The molecule has 1 fully saturated rings. The quantitative estimate of drug-likeness (QED) is 0.539. The Bertz CT molecular complexity index is 905. The van der Waals surface area contributed by atoms with E-state index in [-0.39, 0.29) is 6.04 Å². The van der Waals surface area contributed by atoms with Crippen LogP contribution < -0.4 is 11.1 Å². The van der Waals surface area contributed by atoms with Crippen LogP contribution in [-0.2, 0) is 6.42 Å². The molecule has 2 atom stereocenters. The molecule has 156 valence electrons. The van der Waals surface area contributed by atoms with E-state index in [0.29, 0.717) is 12.0 Å². The first-order valence-electron chi connectivity index (χ1n) is 11.0. The second-order valence-corrected chi connectivity index (χ2v) is 9.01. The zero-order valence-electron chi connectivity index (χ0n) is 17.6. The third-order valence-electron chi connectivity index (χ3n) is 6.20. The predicted molar refractivity (Wildman–Crippen MR) is 118 cm³/mol. The Hall–Kier alpha value is -2.18. The number of nitrogens with two attached hydrogens (primary N) is 1. The Morgan fingerprint density at radius 1 is 1.21 bits per heavy atom. The lowest BCUT2D eigenvalue weighted by molar-refractivity contribution is 0.282. The van der Waals surface area contributed by atoms with E-state index in [0.717, 1.165) is 44.0 Å². The summed E-state index contributed by atoms with van der Waals surface area (Å²) >= 11 is 0. The molecule has 3 aromatic rings. The van der Waals surface area contributed by atoms with Crippen molar-refractivity contribution in [1.29, 1.82) is 0 Å². The van der Waals surface area contributed by atoms with E-state index in [4.69, 9.17) is 5.73 Å². The summed E-state index contributed by atoms with van der Waals surface area (Å²) in [5, 5.41) is 13.8. The maximum atomic E-state index is 6.38. The fourth-order valence-electron chi connectivity index (χ4n) is 4.61. The first-order chi connectivity index (χ1) is 14.1. The Morgan fingerprint density at radius 2 is 2.00 bits per heavy atom. The molecule has 0 bridgehead atoms. The second kappa shape index (κ2) is 9.09. The molecule has 2 aromatic heterocycles. The van der Waals surface area contributed by atoms with Gasteiger partial charge < -0.3 is 16.0 Å². The number of hydrogen-bond donors (Lipinski definition) is 3. The minimum Gasteiger partial charge on any atom is -0.361 e. The number of aromatic nitrogens is 4. The smallest absolute Gasteiger partial charge is 0.0994 e. The van der Waals surface area contributed by atoms with Gasteiger partial charge in [0.15, 0.2) is 0 Å². The molecule has 2 unspecified atom stereocenters. The fourth-order valence-corrected chi connectivity index (χ4v) is 4.61. The van der Waals surface area contributed by atoms with Crippen molar-refractivity contribution in [2.24, 2.45) is 17.6 Å². The van der Waals surface area contributed by atoms with Crippen molar-refractivity contribution in [2.45, 2.75) is 58.0 Å². The van der Waals surface area contributed by atoms with Gasteiger partial charge in [0, 0.05) is 17.1 Å². The maximum Gasteiger partial charge on any atom is 0.0994 e. The molecule has 6 nitrogen and oxygen atoms in total. The number of aromatic amines is 1. The summed E-state index contributed by atoms with van der Waals surface area (Å²) in [6.07, 6.45) is 9.73. The number of H-pyrrole nitrogens is 1. The maximum absolute atomic E-state index is 6.38. The number of nitrogens with one attached hydrogen (secondary N) is 2. The SMILES string of the molecule is CC(C)CC(N)c1cn(C(Cc2c[nH]c3ccccc23)CC2CCNCC2)nn1. The van der Waals surface area contributed by atoms with Gasteiger partial charge in [-0.15, -0.1) is 5.10 Å². The molecule has 1 saturated heterocycles. The van der Waals surface area contributed by atoms with Crippen LogP contribution in [0, 0.1) is 11.8 Å². The van der Waals surface area contributed by atoms with Crippen LogP contribution in [0.5, 0.6) is 0 Å². The zero-order valence-corrected chi connectivity index (χ0v) is 17.6. The van der Waals surface area contributed by atoms with Crippen molar-refractivity contribution in [2.75, 3.05) is 13.1 Å². The van der Waals surface area contributed by atoms with Crippen molar-refractivity contribution in [3.05, 3.63) is 47.9 Å². The third kappa shape index (κ3) is 4.87. The topological polar surface area (TPSA) is 84.5 Å². The number of benzene rings is 1. The average Bonchev–Trinajstić information content (AvgIpc) is 3.36. The summed E-state index contributed by atoms with van der Waals surface area (Å²) in [4.78, 5) is 3.42. The fraction of sp³-hybridized carbons (Fsp3) is 0.565. The first kappa shape index (κ1) is 20.1. The molecule has 29 heavy (non-hydrogen) atoms. The number of piperidine rings is 1. The zero-order chi connectivity index (χ0) is 20.2. The number of nitrogens with zero attached hydrogens (tertiary/aromatic N) is 3. The van der Waals surface area contributed by atoms with Crippen molar-refractivity contribution in [3.63, 3.8) is 0 Å². The third-order valence-corrected chi connectivity index (χ3v) is 6.20. The van der Waals surface area contributed by atoms with Gasteiger partial charge in [-0.25, -0.2) is 4.68 Å². The van der Waals surface area contributed by atoms with Crippen LogP contribution in [0.2, 0.25) is 0 Å². The minimum absolute atomic E-state index is 0.0450. The van der Waals surface area contributed by atoms with E-state index in [1.54, 1.807) is 0 Å². The molecule has 3 heterocycles.